The van der Waals surface area contributed by atoms with Gasteiger partial charge in [0.25, 0.3) is 0 Å². The van der Waals surface area contributed by atoms with Crippen LogP contribution >= 0.6 is 0 Å². The highest BCUT2D eigenvalue weighted by Crippen LogP contribution is 2.17. The van der Waals surface area contributed by atoms with Crippen LogP contribution in [-0.2, 0) is 6.42 Å². The molecule has 1 aromatic carbocycles. The van der Waals surface area contributed by atoms with Gasteiger partial charge in [-0.15, -0.1) is 0 Å². The zero-order valence-corrected chi connectivity index (χ0v) is 11.3. The van der Waals surface area contributed by atoms with E-state index in [1.54, 1.807) is 0 Å². The second-order valence-corrected chi connectivity index (χ2v) is 4.73. The zero-order valence-electron chi connectivity index (χ0n) is 11.3. The Morgan fingerprint density at radius 2 is 1.65 bits per heavy atom. The third kappa shape index (κ3) is 4.39. The van der Waals surface area contributed by atoms with Crippen molar-refractivity contribution in [3.8, 4) is 0 Å². The highest BCUT2D eigenvalue weighted by molar-refractivity contribution is 5.44. The lowest BCUT2D eigenvalue weighted by Crippen LogP contribution is -2.35. The highest BCUT2D eigenvalue weighted by Gasteiger charge is 2.21. The number of aryl methyl sites for hydroxylation is 1. The maximum absolute atomic E-state index is 10.2. The molecule has 0 unspecified atom stereocenters. The lowest BCUT2D eigenvalue weighted by Gasteiger charge is -2.26. The molecular weight excluding hydrogens is 210 g/mol. The van der Waals surface area contributed by atoms with Gasteiger partial charge in [-0.2, -0.15) is 0 Å². The minimum Gasteiger partial charge on any atom is -0.388 e. The molecule has 2 heteroatoms. The van der Waals surface area contributed by atoms with Crippen LogP contribution in [0.2, 0.25) is 0 Å². The van der Waals surface area contributed by atoms with E-state index in [0.717, 1.165) is 24.9 Å². The molecule has 96 valence electrons. The first-order valence-electron chi connectivity index (χ1n) is 6.68. The third-order valence-electron chi connectivity index (χ3n) is 3.43. The Bertz CT molecular complexity index is 314. The van der Waals surface area contributed by atoms with Gasteiger partial charge in [0.05, 0.1) is 5.60 Å². The highest BCUT2D eigenvalue weighted by atomic mass is 16.3. The van der Waals surface area contributed by atoms with Crippen LogP contribution in [0, 0.1) is 0 Å². The van der Waals surface area contributed by atoms with Gasteiger partial charge in [-0.1, -0.05) is 39.3 Å². The lowest BCUT2D eigenvalue weighted by atomic mass is 9.97. The van der Waals surface area contributed by atoms with E-state index in [9.17, 15) is 5.11 Å². The van der Waals surface area contributed by atoms with E-state index >= 15 is 0 Å². The van der Waals surface area contributed by atoms with Gasteiger partial charge in [0.1, 0.15) is 0 Å². The largest absolute Gasteiger partial charge is 0.388 e. The number of hydrogen-bond acceptors (Lipinski definition) is 2. The molecule has 17 heavy (non-hydrogen) atoms. The van der Waals surface area contributed by atoms with Crippen molar-refractivity contribution in [3.63, 3.8) is 0 Å². The summed E-state index contributed by atoms with van der Waals surface area (Å²) in [6.45, 7) is 6.85. The molecule has 0 aliphatic carbocycles. The van der Waals surface area contributed by atoms with Gasteiger partial charge < -0.3 is 10.4 Å². The quantitative estimate of drug-likeness (QED) is 0.757. The normalized spacial score (nSPS) is 11.5. The van der Waals surface area contributed by atoms with Crippen LogP contribution in [0.25, 0.3) is 0 Å². The van der Waals surface area contributed by atoms with Gasteiger partial charge in [0.15, 0.2) is 0 Å². The van der Waals surface area contributed by atoms with Crippen molar-refractivity contribution in [2.24, 2.45) is 0 Å². The van der Waals surface area contributed by atoms with Crippen molar-refractivity contribution in [1.82, 2.24) is 0 Å². The molecule has 2 N–H and O–H groups in total. The topological polar surface area (TPSA) is 32.3 Å². The fourth-order valence-corrected chi connectivity index (χ4v) is 1.84. The number of rotatable bonds is 7. The molecule has 0 fully saturated rings. The van der Waals surface area contributed by atoms with E-state index in [1.807, 2.05) is 13.8 Å². The SMILES string of the molecule is CCCc1ccc(NCC(O)(CC)CC)cc1. The van der Waals surface area contributed by atoms with Gasteiger partial charge in [-0.25, -0.2) is 0 Å². The first-order valence-corrected chi connectivity index (χ1v) is 6.68. The fraction of sp³-hybridized carbons (Fsp3) is 0.600. The Hall–Kier alpha value is -1.02. The summed E-state index contributed by atoms with van der Waals surface area (Å²) < 4.78 is 0. The van der Waals surface area contributed by atoms with E-state index in [0.29, 0.717) is 6.54 Å². The van der Waals surface area contributed by atoms with Crippen LogP contribution in [0.15, 0.2) is 24.3 Å². The van der Waals surface area contributed by atoms with Crippen LogP contribution in [0.4, 0.5) is 5.69 Å². The van der Waals surface area contributed by atoms with Crippen molar-refractivity contribution in [2.45, 2.75) is 52.1 Å². The van der Waals surface area contributed by atoms with Gasteiger partial charge in [0.2, 0.25) is 0 Å². The predicted octanol–water partition coefficient (Wildman–Crippen LogP) is 3.60. The minimum absolute atomic E-state index is 0.581. The summed E-state index contributed by atoms with van der Waals surface area (Å²) in [6.07, 6.45) is 3.88. The van der Waals surface area contributed by atoms with E-state index in [4.69, 9.17) is 0 Å². The number of anilines is 1. The van der Waals surface area contributed by atoms with Crippen LogP contribution in [-0.4, -0.2) is 17.3 Å². The molecule has 2 nitrogen and oxygen atoms in total. The van der Waals surface area contributed by atoms with Gasteiger partial charge >= 0.3 is 0 Å². The fourth-order valence-electron chi connectivity index (χ4n) is 1.84. The number of nitrogens with one attached hydrogen (secondary N) is 1. The van der Waals surface area contributed by atoms with Crippen molar-refractivity contribution in [1.29, 1.82) is 0 Å². The predicted molar refractivity (Wildman–Crippen MR) is 74.5 cm³/mol. The van der Waals surface area contributed by atoms with Crippen molar-refractivity contribution in [2.75, 3.05) is 11.9 Å². The molecule has 0 amide bonds. The smallest absolute Gasteiger partial charge is 0.0814 e. The van der Waals surface area contributed by atoms with Crippen LogP contribution in [0.1, 0.15) is 45.6 Å². The molecule has 0 heterocycles. The second kappa shape index (κ2) is 6.65. The molecule has 0 aliphatic heterocycles. The first-order chi connectivity index (χ1) is 8.13. The second-order valence-electron chi connectivity index (χ2n) is 4.73. The Kier molecular flexibility index (Phi) is 5.49. The molecule has 0 saturated heterocycles. The Balaban J connectivity index is 2.52. The number of aliphatic hydroxyl groups is 1. The van der Waals surface area contributed by atoms with Crippen LogP contribution < -0.4 is 5.32 Å². The summed E-state index contributed by atoms with van der Waals surface area (Å²) in [5.74, 6) is 0. The van der Waals surface area contributed by atoms with Gasteiger partial charge in [-0.3, -0.25) is 0 Å². The number of benzene rings is 1. The van der Waals surface area contributed by atoms with Gasteiger partial charge in [-0.05, 0) is 37.0 Å². The molecule has 0 aliphatic rings. The van der Waals surface area contributed by atoms with Crippen molar-refractivity contribution >= 4 is 5.69 Å². The molecule has 0 bridgehead atoms. The summed E-state index contributed by atoms with van der Waals surface area (Å²) in [7, 11) is 0. The lowest BCUT2D eigenvalue weighted by molar-refractivity contribution is 0.0457. The van der Waals surface area contributed by atoms with E-state index in [-0.39, 0.29) is 0 Å². The summed E-state index contributed by atoms with van der Waals surface area (Å²) >= 11 is 0. The third-order valence-corrected chi connectivity index (χ3v) is 3.43. The molecule has 1 rings (SSSR count). The van der Waals surface area contributed by atoms with E-state index in [1.165, 1.54) is 12.0 Å². The maximum atomic E-state index is 10.2. The Labute approximate surface area is 105 Å². The summed E-state index contributed by atoms with van der Waals surface area (Å²) in [5, 5.41) is 13.5. The molecular formula is C15H25NO. The monoisotopic (exact) mass is 235 g/mol. The molecule has 0 aromatic heterocycles. The van der Waals surface area contributed by atoms with Crippen LogP contribution in [0.5, 0.6) is 0 Å². The molecule has 1 aromatic rings. The molecule has 0 saturated carbocycles. The maximum Gasteiger partial charge on any atom is 0.0814 e. The summed E-state index contributed by atoms with van der Waals surface area (Å²) in [6, 6.07) is 8.50. The average Bonchev–Trinajstić information content (AvgIpc) is 2.38. The van der Waals surface area contributed by atoms with Crippen molar-refractivity contribution in [3.05, 3.63) is 29.8 Å². The summed E-state index contributed by atoms with van der Waals surface area (Å²) in [4.78, 5) is 0. The standard InChI is InChI=1S/C15H25NO/c1-4-7-13-8-10-14(11-9-13)16-12-15(17,5-2)6-3/h8-11,16-17H,4-7,12H2,1-3H3. The number of hydrogen-bond donors (Lipinski definition) is 2. The summed E-state index contributed by atoms with van der Waals surface area (Å²) in [5.41, 5.74) is 1.88. The first kappa shape index (κ1) is 14.0. The Morgan fingerprint density at radius 1 is 1.06 bits per heavy atom. The van der Waals surface area contributed by atoms with E-state index < -0.39 is 5.60 Å². The van der Waals surface area contributed by atoms with E-state index in [2.05, 4.69) is 36.5 Å². The molecule has 0 spiro atoms. The van der Waals surface area contributed by atoms with Crippen molar-refractivity contribution < 1.29 is 5.11 Å². The zero-order chi connectivity index (χ0) is 12.7. The van der Waals surface area contributed by atoms with Gasteiger partial charge in [0, 0.05) is 12.2 Å². The molecule has 0 atom stereocenters. The Morgan fingerprint density at radius 3 is 2.12 bits per heavy atom. The van der Waals surface area contributed by atoms with Crippen LogP contribution in [0.3, 0.4) is 0 Å². The molecule has 0 radical (unpaired) electrons. The minimum atomic E-state index is -0.581. The average molecular weight is 235 g/mol.